The van der Waals surface area contributed by atoms with Gasteiger partial charge in [0.15, 0.2) is 0 Å². The van der Waals surface area contributed by atoms with Crippen molar-refractivity contribution >= 4 is 29.1 Å². The van der Waals surface area contributed by atoms with Crippen LogP contribution in [0.2, 0.25) is 5.02 Å². The third-order valence-electron chi connectivity index (χ3n) is 4.17. The van der Waals surface area contributed by atoms with Crippen molar-refractivity contribution in [3.05, 3.63) is 29.3 Å². The fourth-order valence-electron chi connectivity index (χ4n) is 2.43. The van der Waals surface area contributed by atoms with Crippen molar-refractivity contribution in [2.24, 2.45) is 11.8 Å². The van der Waals surface area contributed by atoms with E-state index in [4.69, 9.17) is 16.7 Å². The lowest BCUT2D eigenvalue weighted by Gasteiger charge is -2.21. The van der Waals surface area contributed by atoms with Crippen LogP contribution in [-0.4, -0.2) is 36.1 Å². The Hall–Kier alpha value is -1.59. The van der Waals surface area contributed by atoms with Gasteiger partial charge in [0.05, 0.1) is 0 Å². The van der Waals surface area contributed by atoms with Crippen molar-refractivity contribution in [3.63, 3.8) is 0 Å². The average molecular weight is 325 g/mol. The third-order valence-corrected chi connectivity index (χ3v) is 4.42. The number of halogens is 1. The number of nitrogens with one attached hydrogen (secondary N) is 1. The minimum atomic E-state index is -0.663. The number of benzene rings is 1. The van der Waals surface area contributed by atoms with Crippen molar-refractivity contribution in [1.29, 1.82) is 0 Å². The van der Waals surface area contributed by atoms with E-state index in [1.165, 1.54) is 0 Å². The van der Waals surface area contributed by atoms with Crippen LogP contribution < -0.4 is 10.2 Å². The number of rotatable bonds is 5. The molecule has 1 aromatic carbocycles. The van der Waals surface area contributed by atoms with Gasteiger partial charge >= 0.3 is 0 Å². The molecule has 1 aromatic rings. The summed E-state index contributed by atoms with van der Waals surface area (Å²) in [6.45, 7) is 4.19. The van der Waals surface area contributed by atoms with Crippen LogP contribution in [0.25, 0.3) is 0 Å². The molecule has 0 spiro atoms. The number of hydrogen-bond acceptors (Lipinski definition) is 3. The molecule has 3 unspecified atom stereocenters. The molecule has 1 fully saturated rings. The Morgan fingerprint density at radius 2 is 2.05 bits per heavy atom. The number of carbonyl (C=O) groups excluding carboxylic acids is 2. The summed E-state index contributed by atoms with van der Waals surface area (Å²) in [4.78, 5) is 26.3. The first-order valence-electron chi connectivity index (χ1n) is 7.42. The van der Waals surface area contributed by atoms with Crippen LogP contribution in [0.1, 0.15) is 20.3 Å². The van der Waals surface area contributed by atoms with Gasteiger partial charge in [-0.2, -0.15) is 0 Å². The Kier molecular flexibility index (Phi) is 5.42. The van der Waals surface area contributed by atoms with E-state index in [-0.39, 0.29) is 30.4 Å². The van der Waals surface area contributed by atoms with E-state index in [1.807, 2.05) is 13.8 Å². The molecule has 120 valence electrons. The predicted octanol–water partition coefficient (Wildman–Crippen LogP) is 1.83. The summed E-state index contributed by atoms with van der Waals surface area (Å²) in [6, 6.07) is 6.83. The summed E-state index contributed by atoms with van der Waals surface area (Å²) in [5, 5.41) is 12.5. The number of aliphatic hydroxyl groups is 1. The number of hydrogen-bond donors (Lipinski definition) is 2. The Morgan fingerprint density at radius 3 is 2.64 bits per heavy atom. The highest BCUT2D eigenvalue weighted by molar-refractivity contribution is 6.30. The molecule has 5 nitrogen and oxygen atoms in total. The Labute approximate surface area is 135 Å². The van der Waals surface area contributed by atoms with Gasteiger partial charge in [-0.15, -0.1) is 0 Å². The minimum absolute atomic E-state index is 0.00302. The number of anilines is 1. The van der Waals surface area contributed by atoms with Gasteiger partial charge in [-0.25, -0.2) is 0 Å². The van der Waals surface area contributed by atoms with E-state index in [2.05, 4.69) is 5.32 Å². The highest BCUT2D eigenvalue weighted by Crippen LogP contribution is 2.26. The van der Waals surface area contributed by atoms with Gasteiger partial charge in [0.1, 0.15) is 5.92 Å². The zero-order chi connectivity index (χ0) is 16.3. The van der Waals surface area contributed by atoms with Gasteiger partial charge in [0.2, 0.25) is 11.8 Å². The lowest BCUT2D eigenvalue weighted by atomic mass is 10.0. The van der Waals surface area contributed by atoms with Crippen molar-refractivity contribution in [3.8, 4) is 0 Å². The van der Waals surface area contributed by atoms with E-state index < -0.39 is 5.92 Å². The molecule has 1 saturated heterocycles. The second-order valence-corrected chi connectivity index (χ2v) is 6.20. The second kappa shape index (κ2) is 7.11. The monoisotopic (exact) mass is 324 g/mol. The normalized spacial score (nSPS) is 20.8. The van der Waals surface area contributed by atoms with E-state index >= 15 is 0 Å². The van der Waals surface area contributed by atoms with E-state index in [1.54, 1.807) is 29.2 Å². The quantitative estimate of drug-likeness (QED) is 0.812. The van der Waals surface area contributed by atoms with Gasteiger partial charge in [-0.3, -0.25) is 9.59 Å². The SMILES string of the molecule is CC(CO)C(C)NC(=O)C1CCN(c2ccc(Cl)cc2)C1=O. The molecular formula is C16H21ClN2O3. The van der Waals surface area contributed by atoms with Gasteiger partial charge in [-0.1, -0.05) is 18.5 Å². The summed E-state index contributed by atoms with van der Waals surface area (Å²) < 4.78 is 0. The van der Waals surface area contributed by atoms with Crippen molar-refractivity contribution in [2.45, 2.75) is 26.3 Å². The lowest BCUT2D eigenvalue weighted by Crippen LogP contribution is -2.43. The molecule has 1 heterocycles. The van der Waals surface area contributed by atoms with Gasteiger partial charge < -0.3 is 15.3 Å². The Morgan fingerprint density at radius 1 is 1.41 bits per heavy atom. The molecule has 3 atom stereocenters. The molecular weight excluding hydrogens is 304 g/mol. The van der Waals surface area contributed by atoms with Crippen LogP contribution >= 0.6 is 11.6 Å². The molecule has 0 aliphatic carbocycles. The summed E-state index contributed by atoms with van der Waals surface area (Å²) in [5.41, 5.74) is 0.751. The topological polar surface area (TPSA) is 69.6 Å². The minimum Gasteiger partial charge on any atom is -0.396 e. The molecule has 0 saturated carbocycles. The number of nitrogens with zero attached hydrogens (tertiary/aromatic N) is 1. The smallest absolute Gasteiger partial charge is 0.239 e. The summed E-state index contributed by atoms with van der Waals surface area (Å²) in [6.07, 6.45) is 0.494. The summed E-state index contributed by atoms with van der Waals surface area (Å²) in [5.74, 6) is -1.17. The van der Waals surface area contributed by atoms with Crippen molar-refractivity contribution < 1.29 is 14.7 Å². The molecule has 0 radical (unpaired) electrons. The highest BCUT2D eigenvalue weighted by Gasteiger charge is 2.38. The Bertz CT molecular complexity index is 547. The van der Waals surface area contributed by atoms with Crippen molar-refractivity contribution in [1.82, 2.24) is 5.32 Å². The predicted molar refractivity (Wildman–Crippen MR) is 85.8 cm³/mol. The second-order valence-electron chi connectivity index (χ2n) is 5.76. The largest absolute Gasteiger partial charge is 0.396 e. The molecule has 6 heteroatoms. The van der Waals surface area contributed by atoms with Gasteiger partial charge in [0.25, 0.3) is 0 Å². The number of aliphatic hydroxyl groups excluding tert-OH is 1. The molecule has 2 N–H and O–H groups in total. The zero-order valence-corrected chi connectivity index (χ0v) is 13.5. The number of carbonyl (C=O) groups is 2. The zero-order valence-electron chi connectivity index (χ0n) is 12.8. The van der Waals surface area contributed by atoms with Crippen LogP contribution in [0, 0.1) is 11.8 Å². The third kappa shape index (κ3) is 3.59. The highest BCUT2D eigenvalue weighted by atomic mass is 35.5. The average Bonchev–Trinajstić information content (AvgIpc) is 2.89. The maximum atomic E-state index is 12.4. The van der Waals surface area contributed by atoms with Crippen LogP contribution in [0.5, 0.6) is 0 Å². The van der Waals surface area contributed by atoms with Crippen LogP contribution in [0.3, 0.4) is 0 Å². The molecule has 0 aromatic heterocycles. The summed E-state index contributed by atoms with van der Waals surface area (Å²) in [7, 11) is 0. The van der Waals surface area contributed by atoms with E-state index in [0.29, 0.717) is 18.0 Å². The van der Waals surface area contributed by atoms with Crippen molar-refractivity contribution in [2.75, 3.05) is 18.1 Å². The first kappa shape index (κ1) is 16.8. The maximum Gasteiger partial charge on any atom is 0.239 e. The molecule has 2 amide bonds. The van der Waals surface area contributed by atoms with Gasteiger partial charge in [0, 0.05) is 29.9 Å². The fourth-order valence-corrected chi connectivity index (χ4v) is 2.55. The molecule has 1 aliphatic heterocycles. The molecule has 2 rings (SSSR count). The Balaban J connectivity index is 2.01. The standard InChI is InChI=1S/C16H21ClN2O3/c1-10(9-20)11(2)18-15(21)14-7-8-19(16(14)22)13-5-3-12(17)4-6-13/h3-6,10-11,14,20H,7-9H2,1-2H3,(H,18,21). The lowest BCUT2D eigenvalue weighted by molar-refractivity contribution is -0.132. The van der Waals surface area contributed by atoms with Gasteiger partial charge in [-0.05, 0) is 43.5 Å². The maximum absolute atomic E-state index is 12.4. The van der Waals surface area contributed by atoms with Crippen LogP contribution in [0.15, 0.2) is 24.3 Å². The molecule has 22 heavy (non-hydrogen) atoms. The number of amides is 2. The van der Waals surface area contributed by atoms with E-state index in [9.17, 15) is 9.59 Å². The first-order valence-corrected chi connectivity index (χ1v) is 7.80. The fraction of sp³-hybridized carbons (Fsp3) is 0.500. The molecule has 0 bridgehead atoms. The van der Waals surface area contributed by atoms with E-state index in [0.717, 1.165) is 5.69 Å². The molecule has 1 aliphatic rings. The first-order chi connectivity index (χ1) is 10.4. The van der Waals surface area contributed by atoms with Crippen LogP contribution in [0.4, 0.5) is 5.69 Å². The van der Waals surface area contributed by atoms with Crippen LogP contribution in [-0.2, 0) is 9.59 Å². The summed E-state index contributed by atoms with van der Waals surface area (Å²) >= 11 is 5.85.